The molecule has 1 aliphatic heterocycles. The molecule has 130 valence electrons. The molecule has 2 heterocycles. The van der Waals surface area contributed by atoms with E-state index in [4.69, 9.17) is 0 Å². The van der Waals surface area contributed by atoms with Crippen molar-refractivity contribution in [2.75, 3.05) is 33.2 Å². The van der Waals surface area contributed by atoms with Crippen LogP contribution in [0, 0.1) is 5.92 Å². The summed E-state index contributed by atoms with van der Waals surface area (Å²) in [6.07, 6.45) is 1.09. The first-order chi connectivity index (χ1) is 11.6. The molecular formula is C18H28N6. The van der Waals surface area contributed by atoms with Crippen LogP contribution in [-0.2, 0) is 6.54 Å². The molecule has 0 radical (unpaired) electrons. The molecular weight excluding hydrogens is 300 g/mol. The van der Waals surface area contributed by atoms with Crippen molar-refractivity contribution in [3.63, 3.8) is 0 Å². The third-order valence-corrected chi connectivity index (χ3v) is 4.74. The Balaban J connectivity index is 1.89. The highest BCUT2D eigenvalue weighted by Gasteiger charge is 2.29. The fraction of sp³-hybridized carbons (Fsp3) is 0.611. The summed E-state index contributed by atoms with van der Waals surface area (Å²) in [6, 6.07) is 10.8. The van der Waals surface area contributed by atoms with E-state index in [9.17, 15) is 0 Å². The fourth-order valence-corrected chi connectivity index (χ4v) is 3.19. The standard InChI is InChI=1S/C18H28N6/c1-15(2)9-10-24-18(19-20-21-24)17(16-7-5-4-6-8-16)23-13-11-22(3)12-14-23/h4-8,15,17H,9-14H2,1-3H3/t17-/m1/s1. The van der Waals surface area contributed by atoms with E-state index in [0.717, 1.165) is 45.0 Å². The highest BCUT2D eigenvalue weighted by molar-refractivity contribution is 5.24. The topological polar surface area (TPSA) is 50.1 Å². The second-order valence-corrected chi connectivity index (χ2v) is 7.10. The van der Waals surface area contributed by atoms with E-state index < -0.39 is 0 Å². The van der Waals surface area contributed by atoms with Gasteiger partial charge in [0.25, 0.3) is 0 Å². The van der Waals surface area contributed by atoms with Gasteiger partial charge in [0.15, 0.2) is 5.82 Å². The van der Waals surface area contributed by atoms with Gasteiger partial charge in [-0.1, -0.05) is 44.2 Å². The highest BCUT2D eigenvalue weighted by Crippen LogP contribution is 2.28. The molecule has 1 atom stereocenters. The predicted molar refractivity (Wildman–Crippen MR) is 94.6 cm³/mol. The van der Waals surface area contributed by atoms with E-state index in [1.54, 1.807) is 0 Å². The van der Waals surface area contributed by atoms with E-state index in [1.807, 2.05) is 4.68 Å². The average Bonchev–Trinajstić information content (AvgIpc) is 3.04. The van der Waals surface area contributed by atoms with Crippen molar-refractivity contribution in [3.8, 4) is 0 Å². The molecule has 0 bridgehead atoms. The molecule has 0 amide bonds. The molecule has 0 saturated carbocycles. The predicted octanol–water partition coefficient (Wildman–Crippen LogP) is 2.06. The molecule has 1 aromatic carbocycles. The van der Waals surface area contributed by atoms with Crippen molar-refractivity contribution in [2.24, 2.45) is 5.92 Å². The van der Waals surface area contributed by atoms with Gasteiger partial charge >= 0.3 is 0 Å². The lowest BCUT2D eigenvalue weighted by molar-refractivity contribution is 0.121. The van der Waals surface area contributed by atoms with Crippen molar-refractivity contribution < 1.29 is 0 Å². The second kappa shape index (κ2) is 7.85. The van der Waals surface area contributed by atoms with Crippen LogP contribution in [0.5, 0.6) is 0 Å². The van der Waals surface area contributed by atoms with Gasteiger partial charge in [0.1, 0.15) is 0 Å². The molecule has 2 aromatic rings. The van der Waals surface area contributed by atoms with Crippen LogP contribution < -0.4 is 0 Å². The van der Waals surface area contributed by atoms with E-state index in [0.29, 0.717) is 5.92 Å². The van der Waals surface area contributed by atoms with Crippen LogP contribution in [-0.4, -0.2) is 63.2 Å². The molecule has 1 saturated heterocycles. The van der Waals surface area contributed by atoms with Crippen LogP contribution in [0.1, 0.15) is 37.7 Å². The van der Waals surface area contributed by atoms with Crippen LogP contribution >= 0.6 is 0 Å². The number of aryl methyl sites for hydroxylation is 1. The molecule has 3 rings (SSSR count). The Morgan fingerprint density at radius 3 is 2.42 bits per heavy atom. The summed E-state index contributed by atoms with van der Waals surface area (Å²) in [6.45, 7) is 9.57. The van der Waals surface area contributed by atoms with Crippen molar-refractivity contribution in [2.45, 2.75) is 32.9 Å². The number of hydrogen-bond donors (Lipinski definition) is 0. The lowest BCUT2D eigenvalue weighted by Crippen LogP contribution is -2.46. The summed E-state index contributed by atoms with van der Waals surface area (Å²) >= 11 is 0. The second-order valence-electron chi connectivity index (χ2n) is 7.10. The first-order valence-corrected chi connectivity index (χ1v) is 8.88. The van der Waals surface area contributed by atoms with Crippen LogP contribution in [0.25, 0.3) is 0 Å². The largest absolute Gasteiger partial charge is 0.304 e. The molecule has 24 heavy (non-hydrogen) atoms. The third kappa shape index (κ3) is 3.99. The number of benzene rings is 1. The molecule has 0 aliphatic carbocycles. The molecule has 1 aliphatic rings. The molecule has 0 N–H and O–H groups in total. The molecule has 0 unspecified atom stereocenters. The van der Waals surface area contributed by atoms with E-state index in [1.165, 1.54) is 5.56 Å². The Labute approximate surface area is 144 Å². The summed E-state index contributed by atoms with van der Waals surface area (Å²) in [7, 11) is 2.18. The van der Waals surface area contributed by atoms with Crippen LogP contribution in [0.2, 0.25) is 0 Å². The summed E-state index contributed by atoms with van der Waals surface area (Å²) in [5, 5.41) is 12.7. The Morgan fingerprint density at radius 2 is 1.75 bits per heavy atom. The molecule has 0 spiro atoms. The molecule has 6 heteroatoms. The van der Waals surface area contributed by atoms with Gasteiger partial charge in [0.2, 0.25) is 0 Å². The molecule has 1 fully saturated rings. The first-order valence-electron chi connectivity index (χ1n) is 8.88. The minimum atomic E-state index is 0.127. The van der Waals surface area contributed by atoms with Gasteiger partial charge in [-0.3, -0.25) is 4.90 Å². The van der Waals surface area contributed by atoms with Gasteiger partial charge in [-0.15, -0.1) is 5.10 Å². The summed E-state index contributed by atoms with van der Waals surface area (Å²) in [5.74, 6) is 1.60. The van der Waals surface area contributed by atoms with E-state index in [2.05, 4.69) is 76.6 Å². The SMILES string of the molecule is CC(C)CCn1nnnc1[C@@H](c1ccccc1)N1CCN(C)CC1. The number of nitrogens with zero attached hydrogens (tertiary/aromatic N) is 6. The molecule has 6 nitrogen and oxygen atoms in total. The smallest absolute Gasteiger partial charge is 0.173 e. The van der Waals surface area contributed by atoms with Gasteiger partial charge in [-0.2, -0.15) is 0 Å². The monoisotopic (exact) mass is 328 g/mol. The number of piperazine rings is 1. The Kier molecular flexibility index (Phi) is 5.58. The Bertz CT molecular complexity index is 615. The highest BCUT2D eigenvalue weighted by atomic mass is 15.6. The Hall–Kier alpha value is -1.79. The zero-order valence-electron chi connectivity index (χ0n) is 15.0. The van der Waals surface area contributed by atoms with Gasteiger partial charge in [-0.25, -0.2) is 4.68 Å². The summed E-state index contributed by atoms with van der Waals surface area (Å²) in [4.78, 5) is 4.88. The zero-order chi connectivity index (χ0) is 16.9. The maximum atomic E-state index is 4.41. The normalized spacial score (nSPS) is 18.2. The number of rotatable bonds is 6. The van der Waals surface area contributed by atoms with Gasteiger partial charge in [0.05, 0.1) is 6.04 Å². The van der Waals surface area contributed by atoms with Crippen molar-refractivity contribution in [1.82, 2.24) is 30.0 Å². The van der Waals surface area contributed by atoms with Crippen LogP contribution in [0.3, 0.4) is 0 Å². The van der Waals surface area contributed by atoms with Crippen molar-refractivity contribution >= 4 is 0 Å². The number of likely N-dealkylation sites (N-methyl/N-ethyl adjacent to an activating group) is 1. The van der Waals surface area contributed by atoms with Crippen molar-refractivity contribution in [1.29, 1.82) is 0 Å². The average molecular weight is 328 g/mol. The van der Waals surface area contributed by atoms with Gasteiger partial charge in [0, 0.05) is 32.7 Å². The summed E-state index contributed by atoms with van der Waals surface area (Å²) in [5.41, 5.74) is 1.27. The number of tetrazole rings is 1. The fourth-order valence-electron chi connectivity index (χ4n) is 3.19. The van der Waals surface area contributed by atoms with E-state index in [-0.39, 0.29) is 6.04 Å². The van der Waals surface area contributed by atoms with Gasteiger partial charge in [-0.05, 0) is 35.4 Å². The maximum absolute atomic E-state index is 4.41. The Morgan fingerprint density at radius 1 is 1.04 bits per heavy atom. The number of aromatic nitrogens is 4. The van der Waals surface area contributed by atoms with Crippen LogP contribution in [0.4, 0.5) is 0 Å². The number of hydrogen-bond acceptors (Lipinski definition) is 5. The van der Waals surface area contributed by atoms with E-state index >= 15 is 0 Å². The minimum Gasteiger partial charge on any atom is -0.304 e. The van der Waals surface area contributed by atoms with Crippen LogP contribution in [0.15, 0.2) is 30.3 Å². The first kappa shape index (κ1) is 17.0. The molecule has 1 aromatic heterocycles. The third-order valence-electron chi connectivity index (χ3n) is 4.74. The quantitative estimate of drug-likeness (QED) is 0.812. The van der Waals surface area contributed by atoms with Crippen molar-refractivity contribution in [3.05, 3.63) is 41.7 Å². The maximum Gasteiger partial charge on any atom is 0.173 e. The lowest BCUT2D eigenvalue weighted by atomic mass is 10.0. The lowest BCUT2D eigenvalue weighted by Gasteiger charge is -2.37. The van der Waals surface area contributed by atoms with Gasteiger partial charge < -0.3 is 4.90 Å². The summed E-state index contributed by atoms with van der Waals surface area (Å²) < 4.78 is 2.00. The zero-order valence-corrected chi connectivity index (χ0v) is 15.0. The minimum absolute atomic E-state index is 0.127.